The zero-order valence-corrected chi connectivity index (χ0v) is 13.0. The van der Waals surface area contributed by atoms with Gasteiger partial charge in [-0.2, -0.15) is 0 Å². The van der Waals surface area contributed by atoms with Gasteiger partial charge >= 0.3 is 0 Å². The number of carbonyl (C=O) groups excluding carboxylic acids is 1. The van der Waals surface area contributed by atoms with Gasteiger partial charge in [-0.1, -0.05) is 19.1 Å². The molecule has 0 bridgehead atoms. The second-order valence-electron chi connectivity index (χ2n) is 4.64. The van der Waals surface area contributed by atoms with E-state index in [1.54, 1.807) is 31.2 Å². The molecule has 2 aromatic rings. The Kier molecular flexibility index (Phi) is 5.21. The van der Waals surface area contributed by atoms with Crippen molar-refractivity contribution >= 4 is 15.7 Å². The Labute approximate surface area is 129 Å². The maximum atomic E-state index is 11.8. The van der Waals surface area contributed by atoms with E-state index < -0.39 is 9.84 Å². The van der Waals surface area contributed by atoms with Crippen LogP contribution in [0, 0.1) is 0 Å². The lowest BCUT2D eigenvalue weighted by molar-refractivity contribution is 0.0948. The molecule has 0 aliphatic rings. The third kappa shape index (κ3) is 4.11. The predicted molar refractivity (Wildman–Crippen MR) is 82.2 cm³/mol. The Balaban J connectivity index is 1.89. The number of nitrogens with zero attached hydrogens (tertiary/aromatic N) is 2. The third-order valence-electron chi connectivity index (χ3n) is 3.16. The van der Waals surface area contributed by atoms with Crippen LogP contribution < -0.4 is 5.32 Å². The molecule has 7 heteroatoms. The van der Waals surface area contributed by atoms with E-state index in [4.69, 9.17) is 0 Å². The van der Waals surface area contributed by atoms with Crippen molar-refractivity contribution < 1.29 is 13.2 Å². The fourth-order valence-corrected chi connectivity index (χ4v) is 2.74. The molecular formula is C15H17N3O3S. The van der Waals surface area contributed by atoms with E-state index >= 15 is 0 Å². The van der Waals surface area contributed by atoms with E-state index in [1.165, 1.54) is 18.6 Å². The molecule has 0 spiro atoms. The van der Waals surface area contributed by atoms with Crippen molar-refractivity contribution in [3.05, 3.63) is 54.1 Å². The molecule has 0 aliphatic heterocycles. The first kappa shape index (κ1) is 16.1. The largest absolute Gasteiger partial charge is 0.350 e. The van der Waals surface area contributed by atoms with Gasteiger partial charge in [-0.25, -0.2) is 13.4 Å². The van der Waals surface area contributed by atoms with E-state index in [0.29, 0.717) is 17.9 Å². The van der Waals surface area contributed by atoms with Crippen molar-refractivity contribution in [3.8, 4) is 0 Å². The molecule has 0 atom stereocenters. The van der Waals surface area contributed by atoms with Crippen LogP contribution in [0.5, 0.6) is 0 Å². The van der Waals surface area contributed by atoms with Crippen LogP contribution in [-0.2, 0) is 16.3 Å². The number of rotatable bonds is 6. The summed E-state index contributed by atoms with van der Waals surface area (Å²) in [4.78, 5) is 19.8. The molecule has 116 valence electrons. The lowest BCUT2D eigenvalue weighted by atomic mass is 10.1. The van der Waals surface area contributed by atoms with Gasteiger partial charge in [0.2, 0.25) is 0 Å². The van der Waals surface area contributed by atoms with Crippen LogP contribution >= 0.6 is 0 Å². The summed E-state index contributed by atoms with van der Waals surface area (Å²) >= 11 is 0. The van der Waals surface area contributed by atoms with Crippen molar-refractivity contribution in [2.75, 3.05) is 12.3 Å². The van der Waals surface area contributed by atoms with Crippen LogP contribution in [0.15, 0.2) is 47.8 Å². The summed E-state index contributed by atoms with van der Waals surface area (Å²) in [6, 6.07) is 6.71. The smallest absolute Gasteiger partial charge is 0.271 e. The first-order valence-electron chi connectivity index (χ1n) is 6.89. The highest BCUT2D eigenvalue weighted by atomic mass is 32.2. The molecule has 6 nitrogen and oxygen atoms in total. The zero-order valence-electron chi connectivity index (χ0n) is 12.2. The summed E-state index contributed by atoms with van der Waals surface area (Å²) in [6.45, 7) is 2.06. The molecular weight excluding hydrogens is 302 g/mol. The summed E-state index contributed by atoms with van der Waals surface area (Å²) < 4.78 is 23.4. The van der Waals surface area contributed by atoms with Gasteiger partial charge in [0.15, 0.2) is 9.84 Å². The Morgan fingerprint density at radius 2 is 1.91 bits per heavy atom. The molecule has 0 aliphatic carbocycles. The topological polar surface area (TPSA) is 89.0 Å². The van der Waals surface area contributed by atoms with Gasteiger partial charge in [0, 0.05) is 18.9 Å². The van der Waals surface area contributed by atoms with Gasteiger partial charge in [0.1, 0.15) is 5.69 Å². The van der Waals surface area contributed by atoms with Crippen molar-refractivity contribution in [3.63, 3.8) is 0 Å². The molecule has 0 saturated carbocycles. The Hall–Kier alpha value is -2.28. The average Bonchev–Trinajstić information content (AvgIpc) is 2.56. The van der Waals surface area contributed by atoms with Gasteiger partial charge in [-0.15, -0.1) is 0 Å². The number of benzene rings is 1. The molecule has 1 heterocycles. The third-order valence-corrected chi connectivity index (χ3v) is 4.91. The molecule has 0 unspecified atom stereocenters. The first-order chi connectivity index (χ1) is 10.5. The van der Waals surface area contributed by atoms with Crippen molar-refractivity contribution in [2.45, 2.75) is 18.2 Å². The van der Waals surface area contributed by atoms with E-state index in [-0.39, 0.29) is 17.4 Å². The van der Waals surface area contributed by atoms with Gasteiger partial charge < -0.3 is 5.32 Å². The van der Waals surface area contributed by atoms with Crippen LogP contribution in [0.25, 0.3) is 0 Å². The number of hydrogen-bond donors (Lipinski definition) is 1. The lowest BCUT2D eigenvalue weighted by Crippen LogP contribution is -2.26. The second-order valence-corrected chi connectivity index (χ2v) is 6.92. The second kappa shape index (κ2) is 7.13. The summed E-state index contributed by atoms with van der Waals surface area (Å²) in [6.07, 6.45) is 4.97. The normalized spacial score (nSPS) is 11.1. The molecule has 0 fully saturated rings. The monoisotopic (exact) mass is 319 g/mol. The molecule has 2 rings (SSSR count). The number of sulfone groups is 1. The quantitative estimate of drug-likeness (QED) is 0.865. The Morgan fingerprint density at radius 3 is 2.50 bits per heavy atom. The van der Waals surface area contributed by atoms with Crippen LogP contribution in [0.4, 0.5) is 0 Å². The number of aromatic nitrogens is 2. The van der Waals surface area contributed by atoms with Crippen LogP contribution in [0.3, 0.4) is 0 Å². The number of nitrogens with one attached hydrogen (secondary N) is 1. The molecule has 1 aromatic carbocycles. The van der Waals surface area contributed by atoms with Crippen molar-refractivity contribution in [2.24, 2.45) is 0 Å². The van der Waals surface area contributed by atoms with Crippen molar-refractivity contribution in [1.82, 2.24) is 15.3 Å². The molecule has 0 saturated heterocycles. The average molecular weight is 319 g/mol. The van der Waals surface area contributed by atoms with Crippen LogP contribution in [-0.4, -0.2) is 36.6 Å². The lowest BCUT2D eigenvalue weighted by Gasteiger charge is -2.06. The van der Waals surface area contributed by atoms with Gasteiger partial charge in [-0.05, 0) is 24.1 Å². The molecule has 1 N–H and O–H groups in total. The standard InChI is InChI=1S/C15H17N3O3S/c1-2-22(20,21)13-5-3-12(4-6-13)7-8-18-15(19)14-11-16-9-10-17-14/h3-6,9-11H,2,7-8H2,1H3,(H,18,19). The van der Waals surface area contributed by atoms with E-state index in [1.807, 2.05) is 0 Å². The summed E-state index contributed by atoms with van der Waals surface area (Å²) in [5.41, 5.74) is 1.22. The van der Waals surface area contributed by atoms with E-state index in [2.05, 4.69) is 15.3 Å². The van der Waals surface area contributed by atoms with Gasteiger partial charge in [-0.3, -0.25) is 9.78 Å². The Bertz CT molecular complexity index is 728. The number of amides is 1. The molecule has 22 heavy (non-hydrogen) atoms. The van der Waals surface area contributed by atoms with Crippen molar-refractivity contribution in [1.29, 1.82) is 0 Å². The predicted octanol–water partition coefficient (Wildman–Crippen LogP) is 1.24. The Morgan fingerprint density at radius 1 is 1.18 bits per heavy atom. The minimum absolute atomic E-state index is 0.0838. The van der Waals surface area contributed by atoms with E-state index in [0.717, 1.165) is 5.56 Å². The fourth-order valence-electron chi connectivity index (χ4n) is 1.86. The molecule has 1 amide bonds. The number of hydrogen-bond acceptors (Lipinski definition) is 5. The molecule has 0 radical (unpaired) electrons. The van der Waals surface area contributed by atoms with Gasteiger partial charge in [0.25, 0.3) is 5.91 Å². The number of carbonyl (C=O) groups is 1. The SMILES string of the molecule is CCS(=O)(=O)c1ccc(CCNC(=O)c2cnccn2)cc1. The minimum atomic E-state index is -3.17. The van der Waals surface area contributed by atoms with Gasteiger partial charge in [0.05, 0.1) is 16.8 Å². The fraction of sp³-hybridized carbons (Fsp3) is 0.267. The van der Waals surface area contributed by atoms with Crippen LogP contribution in [0.1, 0.15) is 23.0 Å². The highest BCUT2D eigenvalue weighted by molar-refractivity contribution is 7.91. The first-order valence-corrected chi connectivity index (χ1v) is 8.54. The highest BCUT2D eigenvalue weighted by Gasteiger charge is 2.11. The maximum Gasteiger partial charge on any atom is 0.271 e. The summed E-state index contributed by atoms with van der Waals surface area (Å²) in [7, 11) is -3.17. The maximum absolute atomic E-state index is 11.8. The summed E-state index contributed by atoms with van der Waals surface area (Å²) in [5.74, 6) is -0.196. The highest BCUT2D eigenvalue weighted by Crippen LogP contribution is 2.12. The zero-order chi connectivity index (χ0) is 16.0. The van der Waals surface area contributed by atoms with E-state index in [9.17, 15) is 13.2 Å². The molecule has 1 aromatic heterocycles. The van der Waals surface area contributed by atoms with Crippen LogP contribution in [0.2, 0.25) is 0 Å². The summed E-state index contributed by atoms with van der Waals surface area (Å²) in [5, 5.41) is 2.74. The minimum Gasteiger partial charge on any atom is -0.350 e.